The van der Waals surface area contributed by atoms with Crippen LogP contribution in [0.25, 0.3) is 10.1 Å². The second kappa shape index (κ2) is 5.96. The Morgan fingerprint density at radius 2 is 2.12 bits per heavy atom. The molecular formula is C21H26N2O2S. The van der Waals surface area contributed by atoms with E-state index >= 15 is 0 Å². The monoisotopic (exact) mass is 370 g/mol. The molecule has 4 aliphatic heterocycles. The lowest BCUT2D eigenvalue weighted by molar-refractivity contribution is -0.0377. The Bertz CT molecular complexity index is 864. The maximum atomic E-state index is 13.1. The predicted molar refractivity (Wildman–Crippen MR) is 105 cm³/mol. The second-order valence-corrected chi connectivity index (χ2v) is 9.50. The molecule has 0 radical (unpaired) electrons. The normalized spacial score (nSPS) is 29.2. The van der Waals surface area contributed by atoms with Gasteiger partial charge in [-0.2, -0.15) is 0 Å². The molecule has 2 bridgehead atoms. The van der Waals surface area contributed by atoms with E-state index in [9.17, 15) is 4.79 Å². The summed E-state index contributed by atoms with van der Waals surface area (Å²) in [5.41, 5.74) is 1.32. The van der Waals surface area contributed by atoms with Crippen molar-refractivity contribution in [3.8, 4) is 5.75 Å². The minimum atomic E-state index is 0.0422. The number of nitrogens with zero attached hydrogens (tertiary/aromatic N) is 1. The highest BCUT2D eigenvalue weighted by Crippen LogP contribution is 2.40. The summed E-state index contributed by atoms with van der Waals surface area (Å²) in [6, 6.07) is 6.44. The van der Waals surface area contributed by atoms with Crippen LogP contribution in [0.4, 0.5) is 0 Å². The smallest absolute Gasteiger partial charge is 0.261 e. The number of ether oxygens (including phenoxy) is 1. The zero-order chi connectivity index (χ0) is 17.9. The summed E-state index contributed by atoms with van der Waals surface area (Å²) in [6.07, 6.45) is 4.50. The molecule has 1 aromatic carbocycles. The molecule has 2 aromatic rings. The zero-order valence-corrected chi connectivity index (χ0v) is 16.3. The first-order valence-corrected chi connectivity index (χ1v) is 10.6. The molecule has 5 heterocycles. The third-order valence-electron chi connectivity index (χ3n) is 6.67. The minimum absolute atomic E-state index is 0.0422. The van der Waals surface area contributed by atoms with Crippen molar-refractivity contribution >= 4 is 27.3 Å². The van der Waals surface area contributed by atoms with Crippen LogP contribution in [0.1, 0.15) is 48.3 Å². The van der Waals surface area contributed by atoms with Gasteiger partial charge in [-0.05, 0) is 82.1 Å². The van der Waals surface area contributed by atoms with Gasteiger partial charge in [0.1, 0.15) is 5.75 Å². The van der Waals surface area contributed by atoms with Crippen molar-refractivity contribution in [1.82, 2.24) is 10.2 Å². The van der Waals surface area contributed by atoms with Crippen LogP contribution >= 0.6 is 11.3 Å². The Morgan fingerprint density at radius 3 is 2.88 bits per heavy atom. The van der Waals surface area contributed by atoms with Gasteiger partial charge >= 0.3 is 0 Å². The lowest BCUT2D eigenvalue weighted by Gasteiger charge is -2.56. The highest BCUT2D eigenvalue weighted by Gasteiger charge is 2.48. The van der Waals surface area contributed by atoms with Crippen LogP contribution in [0, 0.1) is 5.92 Å². The zero-order valence-electron chi connectivity index (χ0n) is 15.5. The van der Waals surface area contributed by atoms with Gasteiger partial charge in [0.2, 0.25) is 0 Å². The summed E-state index contributed by atoms with van der Waals surface area (Å²) in [4.78, 5) is 16.4. The van der Waals surface area contributed by atoms with E-state index in [-0.39, 0.29) is 17.5 Å². The summed E-state index contributed by atoms with van der Waals surface area (Å²) < 4.78 is 7.01. The molecule has 26 heavy (non-hydrogen) atoms. The second-order valence-electron chi connectivity index (χ2n) is 8.45. The Hall–Kier alpha value is -1.59. The van der Waals surface area contributed by atoms with E-state index in [1.807, 2.05) is 0 Å². The Morgan fingerprint density at radius 1 is 1.31 bits per heavy atom. The summed E-state index contributed by atoms with van der Waals surface area (Å²) in [7, 11) is 0. The number of carbonyl (C=O) groups is 1. The largest absolute Gasteiger partial charge is 0.493 e. The van der Waals surface area contributed by atoms with Crippen LogP contribution in [-0.2, 0) is 6.42 Å². The maximum Gasteiger partial charge on any atom is 0.261 e. The van der Waals surface area contributed by atoms with Gasteiger partial charge in [-0.25, -0.2) is 0 Å². The van der Waals surface area contributed by atoms with Crippen LogP contribution in [-0.4, -0.2) is 42.1 Å². The summed E-state index contributed by atoms with van der Waals surface area (Å²) in [5.74, 6) is 1.69. The van der Waals surface area contributed by atoms with E-state index in [0.29, 0.717) is 5.92 Å². The van der Waals surface area contributed by atoms with Gasteiger partial charge in [0.15, 0.2) is 0 Å². The topological polar surface area (TPSA) is 41.6 Å². The molecule has 4 nitrogen and oxygen atoms in total. The maximum absolute atomic E-state index is 13.1. The van der Waals surface area contributed by atoms with Crippen LogP contribution in [0.2, 0.25) is 0 Å². The molecule has 1 unspecified atom stereocenters. The number of thiophene rings is 1. The van der Waals surface area contributed by atoms with Crippen LogP contribution < -0.4 is 10.1 Å². The lowest BCUT2D eigenvalue weighted by atomic mass is 9.72. The first-order chi connectivity index (χ1) is 12.5. The number of hydrogen-bond donors (Lipinski definition) is 1. The Labute approximate surface area is 158 Å². The predicted octanol–water partition coefficient (Wildman–Crippen LogP) is 3.83. The quantitative estimate of drug-likeness (QED) is 0.874. The van der Waals surface area contributed by atoms with Gasteiger partial charge < -0.3 is 10.1 Å². The summed E-state index contributed by atoms with van der Waals surface area (Å²) >= 11 is 1.62. The number of piperidine rings is 3. The average Bonchev–Trinajstić information content (AvgIpc) is 3.10. The van der Waals surface area contributed by atoms with Crippen molar-refractivity contribution in [2.24, 2.45) is 5.92 Å². The lowest BCUT2D eigenvalue weighted by Crippen LogP contribution is -2.69. The molecule has 1 atom stereocenters. The Kier molecular flexibility index (Phi) is 3.80. The van der Waals surface area contributed by atoms with Gasteiger partial charge in [-0.15, -0.1) is 11.3 Å². The summed E-state index contributed by atoms with van der Waals surface area (Å²) in [5, 5.41) is 4.56. The fourth-order valence-corrected chi connectivity index (χ4v) is 6.28. The van der Waals surface area contributed by atoms with Crippen molar-refractivity contribution in [1.29, 1.82) is 0 Å². The van der Waals surface area contributed by atoms with Crippen molar-refractivity contribution < 1.29 is 9.53 Å². The first-order valence-electron chi connectivity index (χ1n) is 9.78. The number of hydrogen-bond acceptors (Lipinski definition) is 4. The van der Waals surface area contributed by atoms with Gasteiger partial charge in [0, 0.05) is 21.8 Å². The highest BCUT2D eigenvalue weighted by molar-refractivity contribution is 7.21. The average molecular weight is 371 g/mol. The molecule has 1 N–H and O–H groups in total. The third kappa shape index (κ3) is 2.48. The van der Waals surface area contributed by atoms with Crippen molar-refractivity contribution in [3.05, 3.63) is 28.6 Å². The minimum Gasteiger partial charge on any atom is -0.493 e. The molecule has 1 aromatic heterocycles. The van der Waals surface area contributed by atoms with Gasteiger partial charge in [-0.3, -0.25) is 9.69 Å². The molecule has 0 saturated carbocycles. The van der Waals surface area contributed by atoms with E-state index in [1.54, 1.807) is 11.3 Å². The van der Waals surface area contributed by atoms with Crippen LogP contribution in [0.5, 0.6) is 5.75 Å². The number of fused-ring (bicyclic) bond motifs is 6. The van der Waals surface area contributed by atoms with Gasteiger partial charge in [0.25, 0.3) is 5.91 Å². The Balaban J connectivity index is 1.44. The molecule has 6 rings (SSSR count). The summed E-state index contributed by atoms with van der Waals surface area (Å²) in [6.45, 7) is 7.69. The number of aryl methyl sites for hydroxylation is 1. The van der Waals surface area contributed by atoms with Crippen LogP contribution in [0.3, 0.4) is 0 Å². The molecule has 0 spiro atoms. The van der Waals surface area contributed by atoms with E-state index in [4.69, 9.17) is 4.74 Å². The fourth-order valence-electron chi connectivity index (χ4n) is 5.15. The molecule has 138 valence electrons. The van der Waals surface area contributed by atoms with Crippen molar-refractivity contribution in [3.63, 3.8) is 0 Å². The molecule has 1 amide bonds. The van der Waals surface area contributed by atoms with Crippen molar-refractivity contribution in [2.75, 3.05) is 19.7 Å². The van der Waals surface area contributed by atoms with E-state index < -0.39 is 0 Å². The number of benzene rings is 1. The molecular weight excluding hydrogens is 344 g/mol. The SMILES string of the molecule is CC1(C)C(NC(=O)c2cc3ccc4c(c3s2)CCCO4)C2CCN1CC2. The van der Waals surface area contributed by atoms with E-state index in [0.717, 1.165) is 35.5 Å². The van der Waals surface area contributed by atoms with E-state index in [1.165, 1.54) is 36.2 Å². The molecule has 0 aliphatic carbocycles. The molecule has 4 aliphatic rings. The van der Waals surface area contributed by atoms with E-state index in [2.05, 4.69) is 42.3 Å². The first kappa shape index (κ1) is 16.6. The number of nitrogens with one attached hydrogen (secondary N) is 1. The molecule has 5 heteroatoms. The number of rotatable bonds is 2. The fraction of sp³-hybridized carbons (Fsp3) is 0.571. The number of carbonyl (C=O) groups excluding carboxylic acids is 1. The van der Waals surface area contributed by atoms with Gasteiger partial charge in [0.05, 0.1) is 11.5 Å². The molecule has 3 fully saturated rings. The highest BCUT2D eigenvalue weighted by atomic mass is 32.1. The van der Waals surface area contributed by atoms with Crippen molar-refractivity contribution in [2.45, 2.75) is 51.1 Å². The van der Waals surface area contributed by atoms with Crippen LogP contribution in [0.15, 0.2) is 18.2 Å². The third-order valence-corrected chi connectivity index (χ3v) is 7.88. The number of amides is 1. The van der Waals surface area contributed by atoms with Gasteiger partial charge in [-0.1, -0.05) is 0 Å². The molecule has 3 saturated heterocycles. The standard InChI is InChI=1S/C21H26N2O2S/c1-21(2)19(13-7-9-23(21)10-8-13)22-20(24)17-12-14-5-6-16-15(18(14)26-17)4-3-11-25-16/h5-6,12-13,19H,3-4,7-11H2,1-2H3,(H,22,24).